The first-order valence-corrected chi connectivity index (χ1v) is 10.3. The van der Waals surface area contributed by atoms with E-state index in [1.165, 1.54) is 6.92 Å². The first kappa shape index (κ1) is 29.7. The Morgan fingerprint density at radius 2 is 1.39 bits per heavy atom. The summed E-state index contributed by atoms with van der Waals surface area (Å²) in [5.41, 5.74) is 10.5. The van der Waals surface area contributed by atoms with Crippen LogP contribution in [-0.2, 0) is 28.8 Å². The molecule has 0 aromatic carbocycles. The zero-order chi connectivity index (χ0) is 25.9. The number of carbonyl (C=O) groups is 6. The van der Waals surface area contributed by atoms with Crippen molar-refractivity contribution in [3.8, 4) is 0 Å². The Balaban J connectivity index is 5.48. The van der Waals surface area contributed by atoms with E-state index in [1.807, 2.05) is 0 Å². The van der Waals surface area contributed by atoms with Crippen LogP contribution in [0.5, 0.6) is 0 Å². The summed E-state index contributed by atoms with van der Waals surface area (Å²) < 4.78 is 0. The molecule has 0 aromatic rings. The lowest BCUT2D eigenvalue weighted by atomic mass is 9.97. The van der Waals surface area contributed by atoms with Crippen LogP contribution in [0.15, 0.2) is 0 Å². The quantitative estimate of drug-likeness (QED) is 0.119. The number of aliphatic hydroxyl groups is 1. The van der Waals surface area contributed by atoms with Crippen LogP contribution in [-0.4, -0.2) is 81.2 Å². The van der Waals surface area contributed by atoms with Gasteiger partial charge >= 0.3 is 11.9 Å². The van der Waals surface area contributed by atoms with Gasteiger partial charge in [-0.3, -0.25) is 24.0 Å². The van der Waals surface area contributed by atoms with E-state index in [-0.39, 0.29) is 12.8 Å². The van der Waals surface area contributed by atoms with Crippen molar-refractivity contribution < 1.29 is 44.1 Å². The van der Waals surface area contributed by atoms with E-state index in [4.69, 9.17) is 16.6 Å². The Hall–Kier alpha value is -3.26. The third-order valence-corrected chi connectivity index (χ3v) is 4.88. The Kier molecular flexibility index (Phi) is 12.6. The zero-order valence-corrected chi connectivity index (χ0v) is 18.7. The highest BCUT2D eigenvalue weighted by atomic mass is 16.4. The maximum atomic E-state index is 12.8. The summed E-state index contributed by atoms with van der Waals surface area (Å²) in [7, 11) is 0. The van der Waals surface area contributed by atoms with Gasteiger partial charge in [-0.1, -0.05) is 20.3 Å². The molecule has 188 valence electrons. The van der Waals surface area contributed by atoms with Gasteiger partial charge in [0, 0.05) is 6.42 Å². The fourth-order valence-electron chi connectivity index (χ4n) is 2.70. The molecule has 0 heterocycles. The van der Waals surface area contributed by atoms with E-state index >= 15 is 0 Å². The summed E-state index contributed by atoms with van der Waals surface area (Å²) in [5.74, 6) is -6.80. The average molecular weight is 475 g/mol. The number of carboxylic acid groups (broad SMARTS) is 2. The van der Waals surface area contributed by atoms with E-state index < -0.39 is 78.2 Å². The standard InChI is InChI=1S/C19H33N5O9/c1-4-8(2)14(23-16(29)10(20)7-13(27)28)17(30)24-15(9(3)25)18(31)22-11(19(32)33)5-6-12(21)26/h8-11,14-15,25H,4-7,20H2,1-3H3,(H2,21,26)(H,22,31)(H,23,29)(H,24,30)(H,27,28)(H,32,33). The second-order valence-electron chi connectivity index (χ2n) is 7.71. The lowest BCUT2D eigenvalue weighted by molar-refractivity contribution is -0.143. The minimum Gasteiger partial charge on any atom is -0.481 e. The number of hydrogen-bond donors (Lipinski definition) is 8. The topological polar surface area (TPSA) is 251 Å². The highest BCUT2D eigenvalue weighted by Gasteiger charge is 2.34. The molecule has 0 bridgehead atoms. The number of amides is 4. The van der Waals surface area contributed by atoms with Crippen LogP contribution in [0, 0.1) is 5.92 Å². The molecule has 0 rings (SSSR count). The van der Waals surface area contributed by atoms with Gasteiger partial charge in [0.2, 0.25) is 23.6 Å². The average Bonchev–Trinajstić information content (AvgIpc) is 2.70. The number of hydrogen-bond acceptors (Lipinski definition) is 8. The van der Waals surface area contributed by atoms with E-state index in [1.54, 1.807) is 13.8 Å². The minimum atomic E-state index is -1.59. The molecule has 0 aliphatic carbocycles. The number of nitrogens with two attached hydrogens (primary N) is 2. The molecule has 14 heteroatoms. The predicted octanol–water partition coefficient (Wildman–Crippen LogP) is -2.98. The molecule has 0 aliphatic rings. The molecule has 10 N–H and O–H groups in total. The van der Waals surface area contributed by atoms with E-state index in [9.17, 15) is 39.0 Å². The molecule has 4 amide bonds. The number of primary amides is 1. The largest absolute Gasteiger partial charge is 0.481 e. The Morgan fingerprint density at radius 1 is 0.879 bits per heavy atom. The maximum Gasteiger partial charge on any atom is 0.326 e. The molecule has 0 saturated heterocycles. The first-order valence-electron chi connectivity index (χ1n) is 10.3. The van der Waals surface area contributed by atoms with Crippen molar-refractivity contribution in [2.24, 2.45) is 17.4 Å². The molecular formula is C19H33N5O9. The van der Waals surface area contributed by atoms with Crippen LogP contribution in [0.3, 0.4) is 0 Å². The lowest BCUT2D eigenvalue weighted by Crippen LogP contribution is -2.61. The number of carboxylic acids is 2. The maximum absolute atomic E-state index is 12.8. The van der Waals surface area contributed by atoms with Gasteiger partial charge in [-0.05, 0) is 19.3 Å². The summed E-state index contributed by atoms with van der Waals surface area (Å²) in [6.45, 7) is 4.53. The van der Waals surface area contributed by atoms with Crippen LogP contribution in [0.25, 0.3) is 0 Å². The van der Waals surface area contributed by atoms with Crippen molar-refractivity contribution in [2.75, 3.05) is 0 Å². The third-order valence-electron chi connectivity index (χ3n) is 4.88. The fourth-order valence-corrected chi connectivity index (χ4v) is 2.70. The SMILES string of the molecule is CCC(C)C(NC(=O)C(N)CC(=O)O)C(=O)NC(C(=O)NC(CCC(N)=O)C(=O)O)C(C)O. The molecular weight excluding hydrogens is 442 g/mol. The van der Waals surface area contributed by atoms with Gasteiger partial charge in [0.05, 0.1) is 18.6 Å². The molecule has 14 nitrogen and oxygen atoms in total. The number of carbonyl (C=O) groups excluding carboxylic acids is 4. The van der Waals surface area contributed by atoms with Crippen molar-refractivity contribution in [2.45, 2.75) is 76.7 Å². The summed E-state index contributed by atoms with van der Waals surface area (Å²) >= 11 is 0. The van der Waals surface area contributed by atoms with Crippen LogP contribution < -0.4 is 27.4 Å². The highest BCUT2D eigenvalue weighted by Crippen LogP contribution is 2.10. The van der Waals surface area contributed by atoms with Crippen molar-refractivity contribution >= 4 is 35.6 Å². The van der Waals surface area contributed by atoms with Gasteiger partial charge in [0.25, 0.3) is 0 Å². The number of nitrogens with one attached hydrogen (secondary N) is 3. The van der Waals surface area contributed by atoms with E-state index in [2.05, 4.69) is 16.0 Å². The zero-order valence-electron chi connectivity index (χ0n) is 18.7. The predicted molar refractivity (Wildman–Crippen MR) is 113 cm³/mol. The fraction of sp³-hybridized carbons (Fsp3) is 0.684. The molecule has 0 aromatic heterocycles. The van der Waals surface area contributed by atoms with Crippen molar-refractivity contribution in [1.29, 1.82) is 0 Å². The second kappa shape index (κ2) is 14.0. The molecule has 0 saturated carbocycles. The van der Waals surface area contributed by atoms with Crippen molar-refractivity contribution in [1.82, 2.24) is 16.0 Å². The van der Waals surface area contributed by atoms with Crippen LogP contribution >= 0.6 is 0 Å². The van der Waals surface area contributed by atoms with Crippen LogP contribution in [0.4, 0.5) is 0 Å². The van der Waals surface area contributed by atoms with Crippen molar-refractivity contribution in [3.05, 3.63) is 0 Å². The Bertz CT molecular complexity index is 743. The van der Waals surface area contributed by atoms with E-state index in [0.717, 1.165) is 0 Å². The monoisotopic (exact) mass is 475 g/mol. The normalized spacial score (nSPS) is 16.3. The number of aliphatic hydroxyl groups excluding tert-OH is 1. The number of rotatable bonds is 15. The van der Waals surface area contributed by atoms with Gasteiger partial charge in [-0.15, -0.1) is 0 Å². The van der Waals surface area contributed by atoms with E-state index in [0.29, 0.717) is 6.42 Å². The highest BCUT2D eigenvalue weighted by molar-refractivity contribution is 5.95. The van der Waals surface area contributed by atoms with Crippen molar-refractivity contribution in [3.63, 3.8) is 0 Å². The second-order valence-corrected chi connectivity index (χ2v) is 7.71. The molecule has 0 radical (unpaired) electrons. The van der Waals surface area contributed by atoms with Gasteiger partial charge in [0.15, 0.2) is 0 Å². The first-order chi connectivity index (χ1) is 15.2. The third kappa shape index (κ3) is 10.7. The summed E-state index contributed by atoms with van der Waals surface area (Å²) in [6, 6.07) is -5.73. The van der Waals surface area contributed by atoms with Gasteiger partial charge in [-0.2, -0.15) is 0 Å². The summed E-state index contributed by atoms with van der Waals surface area (Å²) in [4.78, 5) is 70.6. The van der Waals surface area contributed by atoms with Crippen LogP contribution in [0.2, 0.25) is 0 Å². The molecule has 33 heavy (non-hydrogen) atoms. The lowest BCUT2D eigenvalue weighted by Gasteiger charge is -2.28. The molecule has 6 unspecified atom stereocenters. The van der Waals surface area contributed by atoms with Gasteiger partial charge in [0.1, 0.15) is 18.1 Å². The smallest absolute Gasteiger partial charge is 0.326 e. The summed E-state index contributed by atoms with van der Waals surface area (Å²) in [6.07, 6.45) is -2.33. The molecule has 0 aliphatic heterocycles. The molecule has 0 fully saturated rings. The van der Waals surface area contributed by atoms with Gasteiger partial charge < -0.3 is 42.7 Å². The van der Waals surface area contributed by atoms with Gasteiger partial charge in [-0.25, -0.2) is 4.79 Å². The Labute approximate surface area is 190 Å². The molecule has 6 atom stereocenters. The van der Waals surface area contributed by atoms with Crippen LogP contribution in [0.1, 0.15) is 46.5 Å². The summed E-state index contributed by atoms with van der Waals surface area (Å²) in [5, 5.41) is 34.7. The molecule has 0 spiro atoms. The minimum absolute atomic E-state index is 0.302. The number of aliphatic carboxylic acids is 2. The Morgan fingerprint density at radius 3 is 1.82 bits per heavy atom.